The molecule has 26 heavy (non-hydrogen) atoms. The van der Waals surface area contributed by atoms with Gasteiger partial charge in [-0.05, 0) is 38.2 Å². The minimum atomic E-state index is -0.106. The average Bonchev–Trinajstić information content (AvgIpc) is 3.10. The highest BCUT2D eigenvalue weighted by Gasteiger charge is 2.31. The highest BCUT2D eigenvalue weighted by molar-refractivity contribution is 5.80. The topological polar surface area (TPSA) is 89.4 Å². The Bertz CT molecular complexity index is 681. The number of ether oxygens (including phenoxy) is 1. The molecule has 7 nitrogen and oxygen atoms in total. The van der Waals surface area contributed by atoms with Crippen molar-refractivity contribution in [1.29, 1.82) is 0 Å². The molecule has 142 valence electrons. The van der Waals surface area contributed by atoms with Gasteiger partial charge in [-0.25, -0.2) is 0 Å². The SMILES string of the molecule is O=C(CCn1ccccc1=O)N[C@H]1CC[C@@H](C(=O)NC2CCOCC2)C1. The normalized spacial score (nSPS) is 23.5. The van der Waals surface area contributed by atoms with Crippen LogP contribution < -0.4 is 16.2 Å². The maximum Gasteiger partial charge on any atom is 0.250 e. The predicted molar refractivity (Wildman–Crippen MR) is 96.6 cm³/mol. The minimum absolute atomic E-state index is 0.0279. The predicted octanol–water partition coefficient (Wildman–Crippen LogP) is 0.819. The molecule has 1 aliphatic carbocycles. The van der Waals surface area contributed by atoms with Crippen molar-refractivity contribution in [2.24, 2.45) is 5.92 Å². The largest absolute Gasteiger partial charge is 0.381 e. The van der Waals surface area contributed by atoms with E-state index in [1.54, 1.807) is 18.3 Å². The number of aryl methyl sites for hydroxylation is 1. The maximum absolute atomic E-state index is 12.4. The van der Waals surface area contributed by atoms with Crippen LogP contribution >= 0.6 is 0 Å². The zero-order valence-electron chi connectivity index (χ0n) is 15.0. The number of hydrogen-bond donors (Lipinski definition) is 2. The van der Waals surface area contributed by atoms with E-state index in [4.69, 9.17) is 4.74 Å². The van der Waals surface area contributed by atoms with E-state index in [0.29, 0.717) is 26.2 Å². The van der Waals surface area contributed by atoms with E-state index in [0.717, 1.165) is 25.7 Å². The molecule has 7 heteroatoms. The molecule has 1 saturated carbocycles. The molecule has 0 spiro atoms. The number of nitrogens with zero attached hydrogens (tertiary/aromatic N) is 1. The van der Waals surface area contributed by atoms with Crippen molar-refractivity contribution in [3.63, 3.8) is 0 Å². The number of carbonyl (C=O) groups excluding carboxylic acids is 2. The third kappa shape index (κ3) is 5.17. The van der Waals surface area contributed by atoms with Gasteiger partial charge in [-0.3, -0.25) is 14.4 Å². The average molecular weight is 361 g/mol. The monoisotopic (exact) mass is 361 g/mol. The van der Waals surface area contributed by atoms with E-state index >= 15 is 0 Å². The summed E-state index contributed by atoms with van der Waals surface area (Å²) in [5, 5.41) is 6.12. The van der Waals surface area contributed by atoms with Gasteiger partial charge in [0.2, 0.25) is 11.8 Å². The summed E-state index contributed by atoms with van der Waals surface area (Å²) in [6, 6.07) is 5.20. The maximum atomic E-state index is 12.4. The number of nitrogens with one attached hydrogen (secondary N) is 2. The summed E-state index contributed by atoms with van der Waals surface area (Å²) in [7, 11) is 0. The smallest absolute Gasteiger partial charge is 0.250 e. The second kappa shape index (κ2) is 8.98. The zero-order valence-corrected chi connectivity index (χ0v) is 15.0. The van der Waals surface area contributed by atoms with E-state index in [1.807, 2.05) is 0 Å². The second-order valence-electron chi connectivity index (χ2n) is 7.15. The molecule has 2 amide bonds. The molecule has 1 saturated heterocycles. The van der Waals surface area contributed by atoms with Crippen LogP contribution in [0.4, 0.5) is 0 Å². The first-order valence-electron chi connectivity index (χ1n) is 9.45. The molecule has 0 radical (unpaired) electrons. The fourth-order valence-corrected chi connectivity index (χ4v) is 3.68. The number of aromatic nitrogens is 1. The lowest BCUT2D eigenvalue weighted by Crippen LogP contribution is -2.42. The highest BCUT2D eigenvalue weighted by Crippen LogP contribution is 2.26. The summed E-state index contributed by atoms with van der Waals surface area (Å²) in [4.78, 5) is 36.2. The molecule has 2 heterocycles. The summed E-state index contributed by atoms with van der Waals surface area (Å²) in [5.41, 5.74) is -0.106. The van der Waals surface area contributed by atoms with Crippen LogP contribution in [0.2, 0.25) is 0 Å². The van der Waals surface area contributed by atoms with Gasteiger partial charge in [-0.1, -0.05) is 6.07 Å². The third-order valence-electron chi connectivity index (χ3n) is 5.21. The Hall–Kier alpha value is -2.15. The van der Waals surface area contributed by atoms with Gasteiger partial charge in [0, 0.05) is 56.4 Å². The summed E-state index contributed by atoms with van der Waals surface area (Å²) >= 11 is 0. The lowest BCUT2D eigenvalue weighted by molar-refractivity contribution is -0.126. The molecule has 0 aromatic carbocycles. The molecular weight excluding hydrogens is 334 g/mol. The van der Waals surface area contributed by atoms with Crippen LogP contribution in [0.3, 0.4) is 0 Å². The summed E-state index contributed by atoms with van der Waals surface area (Å²) in [5.74, 6) is 0.000569. The Morgan fingerprint density at radius 1 is 1.08 bits per heavy atom. The van der Waals surface area contributed by atoms with Crippen molar-refractivity contribution in [3.8, 4) is 0 Å². The Morgan fingerprint density at radius 3 is 2.65 bits per heavy atom. The van der Waals surface area contributed by atoms with Crippen molar-refractivity contribution in [2.75, 3.05) is 13.2 Å². The standard InChI is InChI=1S/C19H27N3O4/c23-17(6-10-22-9-2-1-3-18(22)24)20-16-5-4-14(13-16)19(25)21-15-7-11-26-12-8-15/h1-3,9,14-16H,4-8,10-13H2,(H,20,23)(H,21,25)/t14-,16+/m1/s1. The van der Waals surface area contributed by atoms with Gasteiger partial charge in [0.25, 0.3) is 5.56 Å². The zero-order chi connectivity index (χ0) is 18.4. The Labute approximate surface area is 153 Å². The van der Waals surface area contributed by atoms with Crippen LogP contribution in [-0.2, 0) is 20.9 Å². The summed E-state index contributed by atoms with van der Waals surface area (Å²) in [6.07, 6.45) is 6.00. The van der Waals surface area contributed by atoms with Crippen molar-refractivity contribution in [2.45, 2.75) is 57.2 Å². The molecular formula is C19H27N3O4. The number of hydrogen-bond acceptors (Lipinski definition) is 4. The third-order valence-corrected chi connectivity index (χ3v) is 5.21. The van der Waals surface area contributed by atoms with Crippen LogP contribution in [0.15, 0.2) is 29.2 Å². The number of rotatable bonds is 6. The van der Waals surface area contributed by atoms with E-state index in [-0.39, 0.29) is 41.8 Å². The molecule has 2 N–H and O–H groups in total. The number of amides is 2. The van der Waals surface area contributed by atoms with E-state index < -0.39 is 0 Å². The van der Waals surface area contributed by atoms with Crippen molar-refractivity contribution in [1.82, 2.24) is 15.2 Å². The van der Waals surface area contributed by atoms with Crippen molar-refractivity contribution < 1.29 is 14.3 Å². The summed E-state index contributed by atoms with van der Waals surface area (Å²) < 4.78 is 6.84. The highest BCUT2D eigenvalue weighted by atomic mass is 16.5. The van der Waals surface area contributed by atoms with Gasteiger partial charge in [0.05, 0.1) is 0 Å². The molecule has 0 bridgehead atoms. The Balaban J connectivity index is 1.39. The van der Waals surface area contributed by atoms with Gasteiger partial charge < -0.3 is 19.9 Å². The lowest BCUT2D eigenvalue weighted by atomic mass is 10.0. The van der Waals surface area contributed by atoms with Gasteiger partial charge >= 0.3 is 0 Å². The molecule has 1 aromatic rings. The molecule has 3 rings (SSSR count). The Kier molecular flexibility index (Phi) is 6.44. The molecule has 2 fully saturated rings. The van der Waals surface area contributed by atoms with E-state index in [2.05, 4.69) is 10.6 Å². The van der Waals surface area contributed by atoms with Crippen LogP contribution in [0, 0.1) is 5.92 Å². The number of pyridine rings is 1. The molecule has 1 aromatic heterocycles. The molecule has 1 aliphatic heterocycles. The van der Waals surface area contributed by atoms with Crippen LogP contribution in [0.5, 0.6) is 0 Å². The van der Waals surface area contributed by atoms with Gasteiger partial charge in [-0.15, -0.1) is 0 Å². The van der Waals surface area contributed by atoms with Crippen molar-refractivity contribution >= 4 is 11.8 Å². The van der Waals surface area contributed by atoms with Crippen LogP contribution in [0.25, 0.3) is 0 Å². The van der Waals surface area contributed by atoms with Crippen LogP contribution in [0.1, 0.15) is 38.5 Å². The lowest BCUT2D eigenvalue weighted by Gasteiger charge is -2.24. The molecule has 2 aliphatic rings. The van der Waals surface area contributed by atoms with Gasteiger partial charge in [0.15, 0.2) is 0 Å². The fourth-order valence-electron chi connectivity index (χ4n) is 3.68. The number of carbonyl (C=O) groups is 2. The molecule has 0 unspecified atom stereocenters. The van der Waals surface area contributed by atoms with Gasteiger partial charge in [-0.2, -0.15) is 0 Å². The van der Waals surface area contributed by atoms with E-state index in [9.17, 15) is 14.4 Å². The minimum Gasteiger partial charge on any atom is -0.381 e. The summed E-state index contributed by atoms with van der Waals surface area (Å²) in [6.45, 7) is 1.78. The van der Waals surface area contributed by atoms with Crippen molar-refractivity contribution in [3.05, 3.63) is 34.7 Å². The second-order valence-corrected chi connectivity index (χ2v) is 7.15. The van der Waals surface area contributed by atoms with Gasteiger partial charge in [0.1, 0.15) is 0 Å². The first-order chi connectivity index (χ1) is 12.6. The first-order valence-corrected chi connectivity index (χ1v) is 9.45. The first kappa shape index (κ1) is 18.6. The van der Waals surface area contributed by atoms with Crippen LogP contribution in [-0.4, -0.2) is 41.7 Å². The Morgan fingerprint density at radius 2 is 1.88 bits per heavy atom. The molecule has 2 atom stereocenters. The van der Waals surface area contributed by atoms with E-state index in [1.165, 1.54) is 10.6 Å². The quantitative estimate of drug-likeness (QED) is 0.785. The fraction of sp³-hybridized carbons (Fsp3) is 0.632.